The van der Waals surface area contributed by atoms with Gasteiger partial charge in [0.2, 0.25) is 0 Å². The smallest absolute Gasteiger partial charge is 0.0410 e. The van der Waals surface area contributed by atoms with Crippen LogP contribution in [-0.4, -0.2) is 7.05 Å². The van der Waals surface area contributed by atoms with E-state index in [2.05, 4.69) is 99.4 Å². The molecule has 0 N–H and O–H groups in total. The first-order chi connectivity index (χ1) is 11.5. The normalized spacial score (nSPS) is 10.7. The molecule has 0 unspecified atom stereocenters. The van der Waals surface area contributed by atoms with Crippen molar-refractivity contribution >= 4 is 23.1 Å². The number of aryl methyl sites for hydroxylation is 3. The third-order valence-electron chi connectivity index (χ3n) is 4.36. The molecule has 0 saturated carbocycles. The number of rotatable bonds is 4. The molecular weight excluding hydrogens is 310 g/mol. The molecule has 2 heteroatoms. The third kappa shape index (κ3) is 3.82. The Kier molecular flexibility index (Phi) is 4.96. The summed E-state index contributed by atoms with van der Waals surface area (Å²) in [5.74, 6) is 0. The first-order valence-corrected chi connectivity index (χ1v) is 9.00. The lowest BCUT2D eigenvalue weighted by molar-refractivity contribution is 1.18. The highest BCUT2D eigenvalue weighted by atomic mass is 32.2. The van der Waals surface area contributed by atoms with E-state index in [1.165, 1.54) is 37.9 Å². The van der Waals surface area contributed by atoms with Gasteiger partial charge in [-0.25, -0.2) is 0 Å². The fourth-order valence-corrected chi connectivity index (χ4v) is 3.38. The average Bonchev–Trinajstić information content (AvgIpc) is 2.59. The topological polar surface area (TPSA) is 3.24 Å². The van der Waals surface area contributed by atoms with E-state index < -0.39 is 0 Å². The van der Waals surface area contributed by atoms with Crippen LogP contribution in [0.2, 0.25) is 0 Å². The Morgan fingerprint density at radius 3 is 1.75 bits per heavy atom. The molecule has 3 aromatic rings. The highest BCUT2D eigenvalue weighted by molar-refractivity contribution is 7.99. The molecule has 0 aliphatic carbocycles. The van der Waals surface area contributed by atoms with E-state index in [1.54, 1.807) is 11.8 Å². The summed E-state index contributed by atoms with van der Waals surface area (Å²) < 4.78 is 0. The summed E-state index contributed by atoms with van der Waals surface area (Å²) in [7, 11) is 2.12. The minimum Gasteiger partial charge on any atom is -0.345 e. The zero-order valence-electron chi connectivity index (χ0n) is 14.7. The van der Waals surface area contributed by atoms with Gasteiger partial charge in [0.15, 0.2) is 0 Å². The summed E-state index contributed by atoms with van der Waals surface area (Å²) >= 11 is 1.80. The summed E-state index contributed by atoms with van der Waals surface area (Å²) in [5, 5.41) is 0. The molecule has 122 valence electrons. The first kappa shape index (κ1) is 16.7. The van der Waals surface area contributed by atoms with Gasteiger partial charge in [-0.15, -0.1) is 0 Å². The number of nitrogens with zero attached hydrogens (tertiary/aromatic N) is 1. The molecule has 0 radical (unpaired) electrons. The van der Waals surface area contributed by atoms with Crippen molar-refractivity contribution in [2.75, 3.05) is 11.9 Å². The Hall–Kier alpha value is -2.19. The lowest BCUT2D eigenvalue weighted by atomic mass is 10.1. The maximum absolute atomic E-state index is 2.24. The maximum Gasteiger partial charge on any atom is 0.0410 e. The van der Waals surface area contributed by atoms with Gasteiger partial charge in [0.25, 0.3) is 0 Å². The van der Waals surface area contributed by atoms with E-state index in [0.29, 0.717) is 0 Å². The molecule has 0 aliphatic heterocycles. The standard InChI is InChI=1S/C22H23NS/c1-16-5-11-21(12-6-16)24-22-13-9-19(10-14-22)23(4)20-8-7-17(2)18(3)15-20/h5-15H,1-4H3. The Morgan fingerprint density at radius 1 is 0.625 bits per heavy atom. The third-order valence-corrected chi connectivity index (χ3v) is 5.37. The van der Waals surface area contributed by atoms with Crippen LogP contribution in [0.25, 0.3) is 0 Å². The molecule has 0 heterocycles. The molecule has 0 fully saturated rings. The Labute approximate surface area is 149 Å². The molecule has 0 aromatic heterocycles. The molecule has 0 saturated heterocycles. The molecule has 0 amide bonds. The fourth-order valence-electron chi connectivity index (χ4n) is 2.56. The van der Waals surface area contributed by atoms with Gasteiger partial charge in [-0.1, -0.05) is 35.5 Å². The van der Waals surface area contributed by atoms with Crippen LogP contribution in [0, 0.1) is 20.8 Å². The first-order valence-electron chi connectivity index (χ1n) is 8.18. The number of anilines is 2. The minimum absolute atomic E-state index is 1.20. The van der Waals surface area contributed by atoms with E-state index in [9.17, 15) is 0 Å². The summed E-state index contributed by atoms with van der Waals surface area (Å²) in [6, 6.07) is 24.0. The largest absolute Gasteiger partial charge is 0.345 e. The van der Waals surface area contributed by atoms with Crippen LogP contribution in [-0.2, 0) is 0 Å². The van der Waals surface area contributed by atoms with Crippen LogP contribution in [0.5, 0.6) is 0 Å². The predicted molar refractivity (Wildman–Crippen MR) is 106 cm³/mol. The van der Waals surface area contributed by atoms with Gasteiger partial charge in [0.05, 0.1) is 0 Å². The van der Waals surface area contributed by atoms with E-state index in [-0.39, 0.29) is 0 Å². The van der Waals surface area contributed by atoms with Gasteiger partial charge >= 0.3 is 0 Å². The van der Waals surface area contributed by atoms with E-state index >= 15 is 0 Å². The van der Waals surface area contributed by atoms with Gasteiger partial charge in [-0.3, -0.25) is 0 Å². The number of hydrogen-bond acceptors (Lipinski definition) is 2. The van der Waals surface area contributed by atoms with Crippen LogP contribution in [0.4, 0.5) is 11.4 Å². The van der Waals surface area contributed by atoms with Crippen molar-refractivity contribution in [1.82, 2.24) is 0 Å². The lowest BCUT2D eigenvalue weighted by Crippen LogP contribution is -2.09. The van der Waals surface area contributed by atoms with Crippen LogP contribution >= 0.6 is 11.8 Å². The van der Waals surface area contributed by atoms with Crippen LogP contribution < -0.4 is 4.90 Å². The lowest BCUT2D eigenvalue weighted by Gasteiger charge is -2.21. The highest BCUT2D eigenvalue weighted by Gasteiger charge is 2.06. The van der Waals surface area contributed by atoms with Crippen molar-refractivity contribution in [2.24, 2.45) is 0 Å². The van der Waals surface area contributed by atoms with Crippen molar-refractivity contribution in [3.05, 3.63) is 83.4 Å². The van der Waals surface area contributed by atoms with Gasteiger partial charge in [0, 0.05) is 28.2 Å². The van der Waals surface area contributed by atoms with E-state index in [4.69, 9.17) is 0 Å². The summed E-state index contributed by atoms with van der Waals surface area (Å²) in [4.78, 5) is 4.76. The van der Waals surface area contributed by atoms with E-state index in [0.717, 1.165) is 0 Å². The van der Waals surface area contributed by atoms with Crippen molar-refractivity contribution < 1.29 is 0 Å². The molecule has 0 aliphatic rings. The summed E-state index contributed by atoms with van der Waals surface area (Å²) in [6.07, 6.45) is 0. The summed E-state index contributed by atoms with van der Waals surface area (Å²) in [6.45, 7) is 6.43. The second-order valence-corrected chi connectivity index (χ2v) is 7.38. The predicted octanol–water partition coefficient (Wildman–Crippen LogP) is 6.53. The van der Waals surface area contributed by atoms with Crippen LogP contribution in [0.15, 0.2) is 76.5 Å². The molecule has 0 atom stereocenters. The molecule has 3 aromatic carbocycles. The molecule has 0 bridgehead atoms. The Balaban J connectivity index is 1.75. The number of benzene rings is 3. The van der Waals surface area contributed by atoms with Gasteiger partial charge in [-0.05, 0) is 80.4 Å². The van der Waals surface area contributed by atoms with Crippen molar-refractivity contribution in [1.29, 1.82) is 0 Å². The second kappa shape index (κ2) is 7.14. The quantitative estimate of drug-likeness (QED) is 0.534. The zero-order chi connectivity index (χ0) is 17.1. The molecule has 0 spiro atoms. The zero-order valence-corrected chi connectivity index (χ0v) is 15.5. The monoisotopic (exact) mass is 333 g/mol. The molecular formula is C22H23NS. The van der Waals surface area contributed by atoms with Gasteiger partial charge in [-0.2, -0.15) is 0 Å². The summed E-state index contributed by atoms with van der Waals surface area (Å²) in [5.41, 5.74) is 6.37. The molecule has 24 heavy (non-hydrogen) atoms. The van der Waals surface area contributed by atoms with Gasteiger partial charge in [0.1, 0.15) is 0 Å². The Morgan fingerprint density at radius 2 is 1.17 bits per heavy atom. The van der Waals surface area contributed by atoms with Crippen molar-refractivity contribution in [3.8, 4) is 0 Å². The van der Waals surface area contributed by atoms with Crippen LogP contribution in [0.1, 0.15) is 16.7 Å². The molecule has 1 nitrogen and oxygen atoms in total. The van der Waals surface area contributed by atoms with Crippen molar-refractivity contribution in [2.45, 2.75) is 30.6 Å². The molecule has 3 rings (SSSR count). The Bertz CT molecular complexity index is 820. The van der Waals surface area contributed by atoms with Crippen molar-refractivity contribution in [3.63, 3.8) is 0 Å². The highest BCUT2D eigenvalue weighted by Crippen LogP contribution is 2.31. The SMILES string of the molecule is Cc1ccc(Sc2ccc(N(C)c3ccc(C)c(C)c3)cc2)cc1. The average molecular weight is 334 g/mol. The minimum atomic E-state index is 1.20. The number of hydrogen-bond donors (Lipinski definition) is 0. The van der Waals surface area contributed by atoms with Crippen LogP contribution in [0.3, 0.4) is 0 Å². The van der Waals surface area contributed by atoms with E-state index in [1.807, 2.05) is 0 Å². The van der Waals surface area contributed by atoms with Gasteiger partial charge < -0.3 is 4.90 Å². The second-order valence-electron chi connectivity index (χ2n) is 6.24. The fraction of sp³-hybridized carbons (Fsp3) is 0.182. The maximum atomic E-state index is 2.24.